The first-order valence-corrected chi connectivity index (χ1v) is 7.19. The van der Waals surface area contributed by atoms with Crippen LogP contribution in [0.2, 0.25) is 0 Å². The predicted molar refractivity (Wildman–Crippen MR) is 80.3 cm³/mol. The van der Waals surface area contributed by atoms with Crippen molar-refractivity contribution in [2.45, 2.75) is 0 Å². The fourth-order valence-electron chi connectivity index (χ4n) is 1.78. The lowest BCUT2D eigenvalue weighted by atomic mass is 10.1. The number of aromatic nitrogens is 3. The Hall–Kier alpha value is -2.94. The number of carbonyl (C=O) groups is 1. The van der Waals surface area contributed by atoms with Gasteiger partial charge in [0.05, 0.1) is 5.69 Å². The van der Waals surface area contributed by atoms with Crippen molar-refractivity contribution in [2.75, 3.05) is 5.32 Å². The van der Waals surface area contributed by atoms with Gasteiger partial charge in [-0.1, -0.05) is 0 Å². The molecule has 23 heavy (non-hydrogen) atoms. The van der Waals surface area contributed by atoms with Gasteiger partial charge in [0.25, 0.3) is 11.5 Å². The number of nitrogens with zero attached hydrogens (tertiary/aromatic N) is 2. The molecule has 0 saturated carbocycles. The maximum absolute atomic E-state index is 13.7. The van der Waals surface area contributed by atoms with Gasteiger partial charge in [0.2, 0.25) is 0 Å². The molecule has 0 bridgehead atoms. The van der Waals surface area contributed by atoms with E-state index in [9.17, 15) is 18.4 Å². The average molecular weight is 334 g/mol. The Balaban J connectivity index is 1.82. The first-order chi connectivity index (χ1) is 11.0. The number of thiazole rings is 1. The lowest BCUT2D eigenvalue weighted by molar-refractivity contribution is 0.102. The molecule has 1 amide bonds. The van der Waals surface area contributed by atoms with Crippen molar-refractivity contribution in [1.82, 2.24) is 15.2 Å². The Morgan fingerprint density at radius 1 is 1.22 bits per heavy atom. The Bertz CT molecular complexity index is 918. The highest BCUT2D eigenvalue weighted by atomic mass is 32.1. The zero-order valence-corrected chi connectivity index (χ0v) is 12.2. The SMILES string of the molecule is O=C(Nc1nc(-c2cc(F)ccc2F)cs1)c1ccc(=O)[nH]n1. The van der Waals surface area contributed by atoms with Gasteiger partial charge in [0, 0.05) is 17.0 Å². The number of anilines is 1. The number of H-pyrrole nitrogens is 1. The molecule has 0 aliphatic heterocycles. The van der Waals surface area contributed by atoms with Gasteiger partial charge < -0.3 is 0 Å². The summed E-state index contributed by atoms with van der Waals surface area (Å²) in [6, 6.07) is 5.47. The van der Waals surface area contributed by atoms with E-state index in [1.807, 2.05) is 0 Å². The minimum absolute atomic E-state index is 0.00159. The van der Waals surface area contributed by atoms with Gasteiger partial charge in [-0.2, -0.15) is 5.10 Å². The van der Waals surface area contributed by atoms with E-state index in [2.05, 4.69) is 20.5 Å². The number of hydrogen-bond acceptors (Lipinski definition) is 5. The minimum Gasteiger partial charge on any atom is -0.296 e. The second-order valence-electron chi connectivity index (χ2n) is 4.42. The molecule has 0 atom stereocenters. The van der Waals surface area contributed by atoms with Gasteiger partial charge >= 0.3 is 0 Å². The third-order valence-electron chi connectivity index (χ3n) is 2.84. The van der Waals surface area contributed by atoms with E-state index in [0.717, 1.165) is 35.6 Å². The van der Waals surface area contributed by atoms with Crippen LogP contribution in [0.4, 0.5) is 13.9 Å². The first kappa shape index (κ1) is 15.0. The molecule has 6 nitrogen and oxygen atoms in total. The first-order valence-electron chi connectivity index (χ1n) is 6.31. The summed E-state index contributed by atoms with van der Waals surface area (Å²) < 4.78 is 26.9. The molecule has 0 fully saturated rings. The molecule has 0 aliphatic carbocycles. The molecular formula is C14H8F2N4O2S. The van der Waals surface area contributed by atoms with Crippen LogP contribution in [-0.4, -0.2) is 21.1 Å². The lowest BCUT2D eigenvalue weighted by Crippen LogP contribution is -2.17. The highest BCUT2D eigenvalue weighted by molar-refractivity contribution is 7.14. The fourth-order valence-corrected chi connectivity index (χ4v) is 2.49. The molecule has 2 heterocycles. The van der Waals surface area contributed by atoms with E-state index in [-0.39, 0.29) is 22.1 Å². The van der Waals surface area contributed by atoms with Crippen LogP contribution in [0.25, 0.3) is 11.3 Å². The van der Waals surface area contributed by atoms with Crippen molar-refractivity contribution in [3.63, 3.8) is 0 Å². The molecule has 1 aromatic carbocycles. The standard InChI is InChI=1S/C14H8F2N4O2S/c15-7-1-2-9(16)8(5-7)11-6-23-14(17-11)18-13(22)10-3-4-12(21)20-19-10/h1-6H,(H,20,21)(H,17,18,22). The molecular weight excluding hydrogens is 326 g/mol. The largest absolute Gasteiger partial charge is 0.296 e. The fraction of sp³-hybridized carbons (Fsp3) is 0. The summed E-state index contributed by atoms with van der Waals surface area (Å²) in [5.74, 6) is -1.78. The number of rotatable bonds is 3. The third-order valence-corrected chi connectivity index (χ3v) is 3.60. The van der Waals surface area contributed by atoms with Gasteiger partial charge in [0.15, 0.2) is 5.13 Å². The summed E-state index contributed by atoms with van der Waals surface area (Å²) in [5.41, 5.74) is -0.224. The quantitative estimate of drug-likeness (QED) is 0.770. The van der Waals surface area contributed by atoms with Crippen molar-refractivity contribution in [1.29, 1.82) is 0 Å². The van der Waals surface area contributed by atoms with Gasteiger partial charge in [-0.25, -0.2) is 18.9 Å². The third kappa shape index (κ3) is 3.29. The molecule has 3 rings (SSSR count). The second-order valence-corrected chi connectivity index (χ2v) is 5.28. The highest BCUT2D eigenvalue weighted by Gasteiger charge is 2.13. The Morgan fingerprint density at radius 3 is 2.78 bits per heavy atom. The molecule has 3 aromatic rings. The van der Waals surface area contributed by atoms with Crippen LogP contribution < -0.4 is 10.9 Å². The van der Waals surface area contributed by atoms with Crippen molar-refractivity contribution in [3.8, 4) is 11.3 Å². The normalized spacial score (nSPS) is 10.5. The van der Waals surface area contributed by atoms with Crippen LogP contribution >= 0.6 is 11.3 Å². The summed E-state index contributed by atoms with van der Waals surface area (Å²) in [6.45, 7) is 0. The number of nitrogens with one attached hydrogen (secondary N) is 2. The van der Waals surface area contributed by atoms with E-state index in [1.54, 1.807) is 0 Å². The zero-order valence-electron chi connectivity index (χ0n) is 11.3. The van der Waals surface area contributed by atoms with Crippen LogP contribution in [0.5, 0.6) is 0 Å². The van der Waals surface area contributed by atoms with Crippen LogP contribution in [-0.2, 0) is 0 Å². The zero-order chi connectivity index (χ0) is 16.4. The van der Waals surface area contributed by atoms with Crippen molar-refractivity contribution in [3.05, 3.63) is 63.4 Å². The molecule has 116 valence electrons. The number of amides is 1. The van der Waals surface area contributed by atoms with Gasteiger partial charge in [-0.3, -0.25) is 14.9 Å². The van der Waals surface area contributed by atoms with Crippen molar-refractivity contribution < 1.29 is 13.6 Å². The molecule has 9 heteroatoms. The van der Waals surface area contributed by atoms with Crippen molar-refractivity contribution >= 4 is 22.4 Å². The minimum atomic E-state index is -0.614. The van der Waals surface area contributed by atoms with Crippen LogP contribution in [0.15, 0.2) is 40.5 Å². The van der Waals surface area contributed by atoms with E-state index < -0.39 is 23.1 Å². The molecule has 0 aliphatic rings. The number of carbonyl (C=O) groups excluding carboxylic acids is 1. The maximum Gasteiger partial charge on any atom is 0.277 e. The molecule has 2 aromatic heterocycles. The van der Waals surface area contributed by atoms with Crippen molar-refractivity contribution in [2.24, 2.45) is 0 Å². The van der Waals surface area contributed by atoms with E-state index in [0.29, 0.717) is 0 Å². The Kier molecular flexibility index (Phi) is 3.94. The van der Waals surface area contributed by atoms with Crippen LogP contribution in [0.3, 0.4) is 0 Å². The molecule has 0 spiro atoms. The molecule has 0 radical (unpaired) electrons. The summed E-state index contributed by atoms with van der Waals surface area (Å²) >= 11 is 1.05. The summed E-state index contributed by atoms with van der Waals surface area (Å²) in [4.78, 5) is 26.9. The van der Waals surface area contributed by atoms with Gasteiger partial charge in [0.1, 0.15) is 17.3 Å². The average Bonchev–Trinajstić information content (AvgIpc) is 2.98. The lowest BCUT2D eigenvalue weighted by Gasteiger charge is -2.01. The Labute approximate surface area is 131 Å². The van der Waals surface area contributed by atoms with Crippen LogP contribution in [0.1, 0.15) is 10.5 Å². The molecule has 0 unspecified atom stereocenters. The predicted octanol–water partition coefficient (Wildman–Crippen LogP) is 2.42. The summed E-state index contributed by atoms with van der Waals surface area (Å²) in [5, 5.41) is 9.88. The highest BCUT2D eigenvalue weighted by Crippen LogP contribution is 2.27. The second kappa shape index (κ2) is 6.05. The number of benzene rings is 1. The Morgan fingerprint density at radius 2 is 2.04 bits per heavy atom. The molecule has 0 saturated heterocycles. The van der Waals surface area contributed by atoms with Crippen LogP contribution in [0, 0.1) is 11.6 Å². The number of hydrogen-bond donors (Lipinski definition) is 2. The smallest absolute Gasteiger partial charge is 0.277 e. The van der Waals surface area contributed by atoms with E-state index in [4.69, 9.17) is 0 Å². The number of halogens is 2. The monoisotopic (exact) mass is 334 g/mol. The van der Waals surface area contributed by atoms with E-state index >= 15 is 0 Å². The maximum atomic E-state index is 13.7. The van der Waals surface area contributed by atoms with Gasteiger partial charge in [-0.15, -0.1) is 11.3 Å². The molecule has 2 N–H and O–H groups in total. The van der Waals surface area contributed by atoms with E-state index in [1.165, 1.54) is 11.4 Å². The number of aromatic amines is 1. The van der Waals surface area contributed by atoms with Gasteiger partial charge in [-0.05, 0) is 24.3 Å². The topological polar surface area (TPSA) is 87.7 Å². The summed E-state index contributed by atoms with van der Waals surface area (Å²) in [6.07, 6.45) is 0. The summed E-state index contributed by atoms with van der Waals surface area (Å²) in [7, 11) is 0.